The van der Waals surface area contributed by atoms with Crippen LogP contribution < -0.4 is 5.32 Å². The van der Waals surface area contributed by atoms with Crippen LogP contribution in [0.4, 0.5) is 0 Å². The van der Waals surface area contributed by atoms with Crippen LogP contribution in [-0.4, -0.2) is 13.1 Å². The minimum Gasteiger partial charge on any atom is -0.316 e. The second-order valence-electron chi connectivity index (χ2n) is 7.05. The summed E-state index contributed by atoms with van der Waals surface area (Å²) < 4.78 is 0. The smallest absolute Gasteiger partial charge is 0.00153 e. The Balaban J connectivity index is 2.78. The Labute approximate surface area is 109 Å². The fraction of sp³-hybridized carbons (Fsp3) is 1.00. The number of nitrogens with one attached hydrogen (secondary N) is 1. The molecule has 17 heavy (non-hydrogen) atoms. The van der Waals surface area contributed by atoms with Gasteiger partial charge in [-0.15, -0.1) is 0 Å². The monoisotopic (exact) mass is 239 g/mol. The minimum atomic E-state index is 0.806. The summed E-state index contributed by atoms with van der Waals surface area (Å²) in [6.45, 7) is 16.9. The van der Waals surface area contributed by atoms with Crippen LogP contribution >= 0.6 is 0 Å². The lowest BCUT2D eigenvalue weighted by molar-refractivity contribution is 0.123. The Morgan fingerprint density at radius 1 is 0.824 bits per heavy atom. The SMILES string of the molecule is CC(C)C1CCNCC(C(C)C)C(C(C)C)C1. The van der Waals surface area contributed by atoms with Crippen molar-refractivity contribution in [2.45, 2.75) is 54.4 Å². The Morgan fingerprint density at radius 3 is 1.88 bits per heavy atom. The van der Waals surface area contributed by atoms with Crippen molar-refractivity contribution < 1.29 is 0 Å². The van der Waals surface area contributed by atoms with E-state index < -0.39 is 0 Å². The Bertz CT molecular complexity index is 208. The zero-order valence-corrected chi connectivity index (χ0v) is 12.8. The highest BCUT2D eigenvalue weighted by Gasteiger charge is 2.31. The van der Waals surface area contributed by atoms with E-state index in [1.165, 1.54) is 25.9 Å². The lowest BCUT2D eigenvalue weighted by Gasteiger charge is -2.39. The van der Waals surface area contributed by atoms with Crippen LogP contribution in [0.15, 0.2) is 0 Å². The van der Waals surface area contributed by atoms with Gasteiger partial charge in [-0.1, -0.05) is 41.5 Å². The average molecular weight is 239 g/mol. The van der Waals surface area contributed by atoms with E-state index >= 15 is 0 Å². The third kappa shape index (κ3) is 4.28. The first-order chi connectivity index (χ1) is 7.93. The molecule has 1 heterocycles. The van der Waals surface area contributed by atoms with Crippen LogP contribution in [0, 0.1) is 35.5 Å². The van der Waals surface area contributed by atoms with Gasteiger partial charge in [0.25, 0.3) is 0 Å². The molecular formula is C16H33N. The van der Waals surface area contributed by atoms with Gasteiger partial charge >= 0.3 is 0 Å². The quantitative estimate of drug-likeness (QED) is 0.779. The van der Waals surface area contributed by atoms with Crippen molar-refractivity contribution in [3.8, 4) is 0 Å². The predicted molar refractivity (Wildman–Crippen MR) is 77.1 cm³/mol. The second kappa shape index (κ2) is 6.78. The van der Waals surface area contributed by atoms with E-state index in [2.05, 4.69) is 46.9 Å². The van der Waals surface area contributed by atoms with Gasteiger partial charge < -0.3 is 5.32 Å². The van der Waals surface area contributed by atoms with Crippen LogP contribution in [-0.2, 0) is 0 Å². The third-order valence-electron chi connectivity index (χ3n) is 4.85. The summed E-state index contributed by atoms with van der Waals surface area (Å²) >= 11 is 0. The molecule has 0 aliphatic carbocycles. The summed E-state index contributed by atoms with van der Waals surface area (Å²) in [5.74, 6) is 5.14. The predicted octanol–water partition coefficient (Wildman–Crippen LogP) is 4.19. The summed E-state index contributed by atoms with van der Waals surface area (Å²) in [4.78, 5) is 0. The molecule has 102 valence electrons. The van der Waals surface area contributed by atoms with Gasteiger partial charge in [0.05, 0.1) is 0 Å². The molecule has 0 bridgehead atoms. The lowest BCUT2D eigenvalue weighted by atomic mass is 9.70. The molecule has 1 fully saturated rings. The molecule has 1 saturated heterocycles. The molecule has 1 aliphatic rings. The van der Waals surface area contributed by atoms with E-state index in [1.54, 1.807) is 0 Å². The molecule has 0 aromatic rings. The zero-order chi connectivity index (χ0) is 13.0. The summed E-state index contributed by atoms with van der Waals surface area (Å²) in [6, 6.07) is 0. The van der Waals surface area contributed by atoms with Crippen molar-refractivity contribution in [3.05, 3.63) is 0 Å². The molecular weight excluding hydrogens is 206 g/mol. The van der Waals surface area contributed by atoms with Gasteiger partial charge in [0.15, 0.2) is 0 Å². The van der Waals surface area contributed by atoms with Crippen LogP contribution in [0.1, 0.15) is 54.4 Å². The Hall–Kier alpha value is -0.0400. The van der Waals surface area contributed by atoms with Crippen LogP contribution in [0.5, 0.6) is 0 Å². The molecule has 0 amide bonds. The van der Waals surface area contributed by atoms with Gasteiger partial charge in [0, 0.05) is 0 Å². The molecule has 3 atom stereocenters. The molecule has 1 nitrogen and oxygen atoms in total. The largest absolute Gasteiger partial charge is 0.316 e. The summed E-state index contributed by atoms with van der Waals surface area (Å²) in [6.07, 6.45) is 2.81. The number of rotatable bonds is 3. The first-order valence-corrected chi connectivity index (χ1v) is 7.64. The fourth-order valence-electron chi connectivity index (χ4n) is 3.45. The van der Waals surface area contributed by atoms with Gasteiger partial charge in [0.2, 0.25) is 0 Å². The van der Waals surface area contributed by atoms with Crippen LogP contribution in [0.25, 0.3) is 0 Å². The summed E-state index contributed by atoms with van der Waals surface area (Å²) in [5.41, 5.74) is 0. The number of hydrogen-bond donors (Lipinski definition) is 1. The van der Waals surface area contributed by atoms with Gasteiger partial charge in [0.1, 0.15) is 0 Å². The molecule has 1 rings (SSSR count). The highest BCUT2D eigenvalue weighted by Crippen LogP contribution is 2.36. The molecule has 0 aromatic carbocycles. The fourth-order valence-corrected chi connectivity index (χ4v) is 3.45. The van der Waals surface area contributed by atoms with Crippen molar-refractivity contribution in [3.63, 3.8) is 0 Å². The van der Waals surface area contributed by atoms with E-state index in [4.69, 9.17) is 0 Å². The number of hydrogen-bond acceptors (Lipinski definition) is 1. The lowest BCUT2D eigenvalue weighted by Crippen LogP contribution is -2.39. The highest BCUT2D eigenvalue weighted by atomic mass is 14.9. The Kier molecular flexibility index (Phi) is 5.99. The minimum absolute atomic E-state index is 0.806. The standard InChI is InChI=1S/C16H33N/c1-11(2)14-7-8-17-10-16(13(5)6)15(9-14)12(3)4/h11-17H,7-10H2,1-6H3. The summed E-state index contributed by atoms with van der Waals surface area (Å²) in [5, 5.41) is 3.69. The maximum Gasteiger partial charge on any atom is -0.00153 e. The molecule has 1 N–H and O–H groups in total. The van der Waals surface area contributed by atoms with E-state index in [9.17, 15) is 0 Å². The third-order valence-corrected chi connectivity index (χ3v) is 4.85. The van der Waals surface area contributed by atoms with Crippen LogP contribution in [0.2, 0.25) is 0 Å². The molecule has 3 unspecified atom stereocenters. The average Bonchev–Trinajstić information content (AvgIpc) is 2.15. The van der Waals surface area contributed by atoms with Crippen molar-refractivity contribution in [1.82, 2.24) is 5.32 Å². The van der Waals surface area contributed by atoms with Crippen molar-refractivity contribution in [1.29, 1.82) is 0 Å². The topological polar surface area (TPSA) is 12.0 Å². The van der Waals surface area contributed by atoms with E-state index in [-0.39, 0.29) is 0 Å². The van der Waals surface area contributed by atoms with Crippen molar-refractivity contribution in [2.24, 2.45) is 35.5 Å². The second-order valence-corrected chi connectivity index (χ2v) is 7.05. The molecule has 0 saturated carbocycles. The van der Waals surface area contributed by atoms with E-state index in [0.29, 0.717) is 0 Å². The van der Waals surface area contributed by atoms with Gasteiger partial charge in [-0.25, -0.2) is 0 Å². The van der Waals surface area contributed by atoms with Gasteiger partial charge in [-0.2, -0.15) is 0 Å². The van der Waals surface area contributed by atoms with E-state index in [0.717, 1.165) is 35.5 Å². The van der Waals surface area contributed by atoms with Gasteiger partial charge in [-0.05, 0) is 61.4 Å². The molecule has 0 spiro atoms. The first-order valence-electron chi connectivity index (χ1n) is 7.64. The molecule has 1 aliphatic heterocycles. The molecule has 1 heteroatoms. The maximum atomic E-state index is 3.69. The Morgan fingerprint density at radius 2 is 1.41 bits per heavy atom. The molecule has 0 radical (unpaired) electrons. The van der Waals surface area contributed by atoms with Crippen molar-refractivity contribution in [2.75, 3.05) is 13.1 Å². The zero-order valence-electron chi connectivity index (χ0n) is 12.8. The molecule has 0 aromatic heterocycles. The first kappa shape index (κ1) is 15.0. The van der Waals surface area contributed by atoms with Crippen LogP contribution in [0.3, 0.4) is 0 Å². The normalized spacial score (nSPS) is 31.9. The highest BCUT2D eigenvalue weighted by molar-refractivity contribution is 4.83. The maximum absolute atomic E-state index is 3.69. The van der Waals surface area contributed by atoms with Crippen molar-refractivity contribution >= 4 is 0 Å². The summed E-state index contributed by atoms with van der Waals surface area (Å²) in [7, 11) is 0. The van der Waals surface area contributed by atoms with E-state index in [1.807, 2.05) is 0 Å². The van der Waals surface area contributed by atoms with Gasteiger partial charge in [-0.3, -0.25) is 0 Å².